The van der Waals surface area contributed by atoms with Crippen LogP contribution < -0.4 is 10.6 Å². The molecule has 3 N–H and O–H groups in total. The largest absolute Gasteiger partial charge is 0.409 e. The Labute approximate surface area is 113 Å². The van der Waals surface area contributed by atoms with E-state index in [1.165, 1.54) is 0 Å². The number of nitrogens with two attached hydrogens (primary N) is 1. The number of amidine groups is 1. The van der Waals surface area contributed by atoms with Crippen molar-refractivity contribution in [1.82, 2.24) is 0 Å². The average Bonchev–Trinajstić information content (AvgIpc) is 2.35. The molecule has 1 heterocycles. The Balaban J connectivity index is 2.18. The van der Waals surface area contributed by atoms with Crippen LogP contribution in [0.2, 0.25) is 0 Å². The zero-order valence-electron chi connectivity index (χ0n) is 11.6. The molecule has 0 amide bonds. The van der Waals surface area contributed by atoms with Gasteiger partial charge in [-0.05, 0) is 45.0 Å². The zero-order valence-corrected chi connectivity index (χ0v) is 11.6. The van der Waals surface area contributed by atoms with Crippen LogP contribution in [0.3, 0.4) is 0 Å². The quantitative estimate of drug-likeness (QED) is 0.369. The molecule has 1 aliphatic rings. The predicted octanol–water partition coefficient (Wildman–Crippen LogP) is 1.78. The van der Waals surface area contributed by atoms with Gasteiger partial charge in [-0.25, -0.2) is 0 Å². The molecule has 0 bridgehead atoms. The lowest BCUT2D eigenvalue weighted by Crippen LogP contribution is -2.52. The molecule has 1 unspecified atom stereocenters. The van der Waals surface area contributed by atoms with Crippen LogP contribution in [0, 0.1) is 0 Å². The summed E-state index contributed by atoms with van der Waals surface area (Å²) in [5, 5.41) is 11.6. The molecule has 0 aromatic heterocycles. The highest BCUT2D eigenvalue weighted by Gasteiger charge is 2.31. The topological polar surface area (TPSA) is 71.1 Å². The number of rotatable bonds is 2. The summed E-state index contributed by atoms with van der Waals surface area (Å²) in [5.74, 6) is 0.127. The summed E-state index contributed by atoms with van der Waals surface area (Å²) >= 11 is 0. The van der Waals surface area contributed by atoms with Gasteiger partial charge in [0.05, 0.1) is 11.7 Å². The molecule has 0 saturated carbocycles. The number of hydrogen-bond donors (Lipinski definition) is 2. The maximum absolute atomic E-state index is 8.65. The van der Waals surface area contributed by atoms with Crippen LogP contribution in [0.1, 0.15) is 26.3 Å². The van der Waals surface area contributed by atoms with E-state index in [0.29, 0.717) is 5.56 Å². The Hall–Kier alpha value is -1.75. The Kier molecular flexibility index (Phi) is 3.66. The molecule has 0 spiro atoms. The van der Waals surface area contributed by atoms with Crippen LogP contribution in [0.5, 0.6) is 0 Å². The zero-order chi connectivity index (χ0) is 14.0. The fraction of sp³-hybridized carbons (Fsp3) is 0.500. The molecular formula is C14H21N3O2. The Morgan fingerprint density at radius 2 is 2.05 bits per heavy atom. The van der Waals surface area contributed by atoms with Crippen LogP contribution in [0.15, 0.2) is 29.4 Å². The van der Waals surface area contributed by atoms with Crippen molar-refractivity contribution in [3.8, 4) is 0 Å². The van der Waals surface area contributed by atoms with Gasteiger partial charge in [0.15, 0.2) is 5.84 Å². The minimum atomic E-state index is -0.151. The van der Waals surface area contributed by atoms with Crippen LogP contribution in [-0.4, -0.2) is 35.8 Å². The van der Waals surface area contributed by atoms with Gasteiger partial charge in [0, 0.05) is 24.3 Å². The van der Waals surface area contributed by atoms with Crippen LogP contribution in [-0.2, 0) is 4.74 Å². The minimum Gasteiger partial charge on any atom is -0.409 e. The number of morpholine rings is 1. The van der Waals surface area contributed by atoms with Crippen LogP contribution in [0.25, 0.3) is 0 Å². The first-order valence-corrected chi connectivity index (χ1v) is 6.42. The summed E-state index contributed by atoms with van der Waals surface area (Å²) in [6, 6.07) is 7.69. The lowest BCUT2D eigenvalue weighted by Gasteiger charge is -2.43. The SMILES string of the molecule is CC1CN(c2ccc(C(N)=NO)cc2)CC(C)(C)O1. The van der Waals surface area contributed by atoms with Crippen LogP contribution in [0.4, 0.5) is 5.69 Å². The van der Waals surface area contributed by atoms with Crippen LogP contribution >= 0.6 is 0 Å². The maximum Gasteiger partial charge on any atom is 0.170 e. The second-order valence-electron chi connectivity index (χ2n) is 5.60. The van der Waals surface area contributed by atoms with E-state index in [-0.39, 0.29) is 17.5 Å². The highest BCUT2D eigenvalue weighted by Crippen LogP contribution is 2.26. The predicted molar refractivity (Wildman–Crippen MR) is 75.8 cm³/mol. The van der Waals surface area contributed by atoms with Gasteiger partial charge in [-0.1, -0.05) is 5.16 Å². The van der Waals surface area contributed by atoms with E-state index in [2.05, 4.69) is 30.8 Å². The minimum absolute atomic E-state index is 0.127. The molecule has 1 aromatic carbocycles. The molecule has 1 saturated heterocycles. The molecule has 1 fully saturated rings. The van der Waals surface area contributed by atoms with Gasteiger partial charge in [0.25, 0.3) is 0 Å². The third kappa shape index (κ3) is 3.17. The number of nitrogens with zero attached hydrogens (tertiary/aromatic N) is 2. The molecule has 5 nitrogen and oxygen atoms in total. The standard InChI is InChI=1S/C14H21N3O2/c1-10-8-17(9-14(2,3)19-10)12-6-4-11(5-7-12)13(15)16-18/h4-7,10,18H,8-9H2,1-3H3,(H2,15,16). The van der Waals surface area contributed by atoms with Gasteiger partial charge in [-0.2, -0.15) is 0 Å². The summed E-state index contributed by atoms with van der Waals surface area (Å²) < 4.78 is 5.89. The second-order valence-corrected chi connectivity index (χ2v) is 5.60. The van der Waals surface area contributed by atoms with Crippen molar-refractivity contribution in [3.63, 3.8) is 0 Å². The normalized spacial score (nSPS) is 23.4. The van der Waals surface area contributed by atoms with Crippen molar-refractivity contribution in [2.75, 3.05) is 18.0 Å². The number of oxime groups is 1. The molecule has 5 heteroatoms. The maximum atomic E-state index is 8.65. The van der Waals surface area contributed by atoms with E-state index in [1.54, 1.807) is 0 Å². The first-order chi connectivity index (χ1) is 8.91. The van der Waals surface area contributed by atoms with Crippen molar-refractivity contribution < 1.29 is 9.94 Å². The molecule has 0 aliphatic carbocycles. The van der Waals surface area contributed by atoms with E-state index in [1.807, 2.05) is 24.3 Å². The first kappa shape index (κ1) is 13.7. The molecular weight excluding hydrogens is 242 g/mol. The van der Waals surface area contributed by atoms with Gasteiger partial charge in [0.2, 0.25) is 0 Å². The smallest absolute Gasteiger partial charge is 0.170 e. The van der Waals surface area contributed by atoms with E-state index in [9.17, 15) is 0 Å². The van der Waals surface area contributed by atoms with Crippen molar-refractivity contribution in [1.29, 1.82) is 0 Å². The van der Waals surface area contributed by atoms with Gasteiger partial charge < -0.3 is 20.6 Å². The summed E-state index contributed by atoms with van der Waals surface area (Å²) in [6.45, 7) is 7.99. The molecule has 1 aliphatic heterocycles. The highest BCUT2D eigenvalue weighted by molar-refractivity contribution is 5.97. The Bertz CT molecular complexity index is 468. The lowest BCUT2D eigenvalue weighted by molar-refractivity contribution is -0.0749. The number of anilines is 1. The summed E-state index contributed by atoms with van der Waals surface area (Å²) in [4.78, 5) is 2.30. The fourth-order valence-electron chi connectivity index (χ4n) is 2.55. The van der Waals surface area contributed by atoms with Gasteiger partial charge in [-0.3, -0.25) is 0 Å². The van der Waals surface area contributed by atoms with Crippen molar-refractivity contribution in [3.05, 3.63) is 29.8 Å². The average molecular weight is 263 g/mol. The highest BCUT2D eigenvalue weighted by atomic mass is 16.5. The van der Waals surface area contributed by atoms with Crippen molar-refractivity contribution in [2.24, 2.45) is 10.9 Å². The van der Waals surface area contributed by atoms with Crippen molar-refractivity contribution >= 4 is 11.5 Å². The lowest BCUT2D eigenvalue weighted by atomic mass is 10.0. The molecule has 1 aromatic rings. The van der Waals surface area contributed by atoms with E-state index in [4.69, 9.17) is 15.7 Å². The van der Waals surface area contributed by atoms with Gasteiger partial charge in [-0.15, -0.1) is 0 Å². The van der Waals surface area contributed by atoms with E-state index >= 15 is 0 Å². The second kappa shape index (κ2) is 5.09. The monoisotopic (exact) mass is 263 g/mol. The summed E-state index contributed by atoms with van der Waals surface area (Å²) in [6.07, 6.45) is 0.201. The first-order valence-electron chi connectivity index (χ1n) is 6.42. The number of hydrogen-bond acceptors (Lipinski definition) is 4. The van der Waals surface area contributed by atoms with E-state index in [0.717, 1.165) is 18.8 Å². The van der Waals surface area contributed by atoms with Gasteiger partial charge in [0.1, 0.15) is 0 Å². The Morgan fingerprint density at radius 1 is 1.42 bits per heavy atom. The van der Waals surface area contributed by atoms with E-state index < -0.39 is 0 Å². The molecule has 19 heavy (non-hydrogen) atoms. The molecule has 1 atom stereocenters. The molecule has 2 rings (SSSR count). The Morgan fingerprint density at radius 3 is 2.58 bits per heavy atom. The third-order valence-corrected chi connectivity index (χ3v) is 3.21. The molecule has 0 radical (unpaired) electrons. The summed E-state index contributed by atoms with van der Waals surface area (Å²) in [7, 11) is 0. The number of benzene rings is 1. The fourth-order valence-corrected chi connectivity index (χ4v) is 2.55. The van der Waals surface area contributed by atoms with Crippen molar-refractivity contribution in [2.45, 2.75) is 32.5 Å². The number of ether oxygens (including phenoxy) is 1. The third-order valence-electron chi connectivity index (χ3n) is 3.21. The molecule has 104 valence electrons. The van der Waals surface area contributed by atoms with Gasteiger partial charge >= 0.3 is 0 Å². The summed E-state index contributed by atoms with van der Waals surface area (Å²) in [5.41, 5.74) is 7.24.